The first kappa shape index (κ1) is 19.4. The zero-order valence-corrected chi connectivity index (χ0v) is 17.9. The Morgan fingerprint density at radius 2 is 1.86 bits per heavy atom. The van der Waals surface area contributed by atoms with Crippen molar-refractivity contribution in [3.05, 3.63) is 46.0 Å². The molecule has 1 saturated heterocycles. The molecule has 0 aliphatic carbocycles. The van der Waals surface area contributed by atoms with E-state index in [4.69, 9.17) is 21.4 Å². The van der Waals surface area contributed by atoms with Crippen LogP contribution in [0.2, 0.25) is 5.02 Å². The monoisotopic (exact) mass is 436 g/mol. The molecule has 0 saturated carbocycles. The number of thioether (sulfide) groups is 1. The molecule has 3 heterocycles. The van der Waals surface area contributed by atoms with Gasteiger partial charge in [-0.05, 0) is 51.1 Å². The highest BCUT2D eigenvalue weighted by Crippen LogP contribution is 2.43. The molecule has 1 atom stereocenters. The van der Waals surface area contributed by atoms with E-state index in [0.717, 1.165) is 5.56 Å². The number of aromatic nitrogens is 2. The number of thiophene rings is 1. The minimum atomic E-state index is -0.663. The predicted octanol–water partition coefficient (Wildman–Crippen LogP) is 5.57. The van der Waals surface area contributed by atoms with Gasteiger partial charge in [0.25, 0.3) is 5.89 Å². The zero-order chi connectivity index (χ0) is 20.1. The van der Waals surface area contributed by atoms with Gasteiger partial charge in [0.1, 0.15) is 11.7 Å². The van der Waals surface area contributed by atoms with Gasteiger partial charge < -0.3 is 9.73 Å². The Morgan fingerprint density at radius 3 is 2.54 bits per heavy atom. The normalized spacial score (nSPS) is 21.5. The van der Waals surface area contributed by atoms with E-state index in [2.05, 4.69) is 15.5 Å². The largest absolute Gasteiger partial charge is 0.415 e. The van der Waals surface area contributed by atoms with E-state index in [1.165, 1.54) is 17.4 Å². The molecular weight excluding hydrogens is 419 g/mol. The molecule has 1 aromatic carbocycles. The maximum absolute atomic E-state index is 14.8. The molecule has 1 fully saturated rings. The molecule has 9 heteroatoms. The molecule has 0 spiro atoms. The van der Waals surface area contributed by atoms with Gasteiger partial charge in [0.05, 0.1) is 20.0 Å². The van der Waals surface area contributed by atoms with Crippen LogP contribution in [0.3, 0.4) is 0 Å². The van der Waals surface area contributed by atoms with Crippen molar-refractivity contribution >= 4 is 40.5 Å². The van der Waals surface area contributed by atoms with E-state index >= 15 is 0 Å². The number of nitrogens with one attached hydrogen (secondary N) is 2. The molecule has 5 nitrogen and oxygen atoms in total. The van der Waals surface area contributed by atoms with E-state index in [1.54, 1.807) is 36.0 Å². The Kier molecular flexibility index (Phi) is 4.76. The van der Waals surface area contributed by atoms with Crippen LogP contribution in [-0.4, -0.2) is 26.5 Å². The molecule has 2 aromatic heterocycles. The molecule has 0 radical (unpaired) electrons. The lowest BCUT2D eigenvalue weighted by Gasteiger charge is -2.42. The van der Waals surface area contributed by atoms with E-state index in [0.29, 0.717) is 32.3 Å². The molecule has 4 rings (SSSR count). The van der Waals surface area contributed by atoms with E-state index in [1.807, 2.05) is 20.8 Å². The second-order valence-corrected chi connectivity index (χ2v) is 10.4. The summed E-state index contributed by atoms with van der Waals surface area (Å²) in [5.74, 6) is 1.32. The van der Waals surface area contributed by atoms with Crippen molar-refractivity contribution in [2.45, 2.75) is 31.1 Å². The quantitative estimate of drug-likeness (QED) is 0.561. The number of nitrogens with zero attached hydrogens (tertiary/aromatic N) is 2. The lowest BCUT2D eigenvalue weighted by atomic mass is 9.99. The summed E-state index contributed by atoms with van der Waals surface area (Å²) in [6, 6.07) is 8.48. The van der Waals surface area contributed by atoms with Crippen LogP contribution >= 0.6 is 34.7 Å². The zero-order valence-electron chi connectivity index (χ0n) is 15.5. The summed E-state index contributed by atoms with van der Waals surface area (Å²) < 4.78 is 20.2. The third kappa shape index (κ3) is 3.44. The van der Waals surface area contributed by atoms with Crippen LogP contribution in [0.4, 0.5) is 4.39 Å². The summed E-state index contributed by atoms with van der Waals surface area (Å²) >= 11 is 8.81. The molecular formula is C19H18ClFN4OS2. The maximum Gasteiger partial charge on any atom is 0.258 e. The number of hydrogen-bond acceptors (Lipinski definition) is 6. The fourth-order valence-corrected chi connectivity index (χ4v) is 5.20. The van der Waals surface area contributed by atoms with Crippen molar-refractivity contribution in [3.63, 3.8) is 0 Å². The van der Waals surface area contributed by atoms with Gasteiger partial charge in [0.2, 0.25) is 5.89 Å². The summed E-state index contributed by atoms with van der Waals surface area (Å²) in [4.78, 5) is 1.09. The standard InChI is InChI=1S/C19H18ClFN4OS2/c1-18(2)17(22)23-19(3,9-27-18)14-12(21)8-13(28-14)16-25-24-15(26-16)10-4-6-11(20)7-5-10/h4-8H,9H2,1-3H3,(H2,22,23)/t19-/m0/s1. The van der Waals surface area contributed by atoms with Gasteiger partial charge in [-0.15, -0.1) is 33.3 Å². The maximum atomic E-state index is 14.8. The summed E-state index contributed by atoms with van der Waals surface area (Å²) in [6.45, 7) is 5.88. The molecule has 3 aromatic rings. The van der Waals surface area contributed by atoms with Crippen LogP contribution < -0.4 is 5.32 Å². The Balaban J connectivity index is 1.64. The van der Waals surface area contributed by atoms with Gasteiger partial charge in [-0.2, -0.15) is 0 Å². The highest BCUT2D eigenvalue weighted by atomic mass is 35.5. The molecule has 146 valence electrons. The van der Waals surface area contributed by atoms with Crippen LogP contribution in [0.25, 0.3) is 22.2 Å². The highest BCUT2D eigenvalue weighted by molar-refractivity contribution is 8.01. The smallest absolute Gasteiger partial charge is 0.258 e. The van der Waals surface area contributed by atoms with Gasteiger partial charge >= 0.3 is 0 Å². The van der Waals surface area contributed by atoms with Crippen LogP contribution in [0.1, 0.15) is 25.6 Å². The van der Waals surface area contributed by atoms with Crippen LogP contribution in [0.5, 0.6) is 0 Å². The van der Waals surface area contributed by atoms with Crippen molar-refractivity contribution < 1.29 is 8.81 Å². The number of amidine groups is 1. The van der Waals surface area contributed by atoms with Gasteiger partial charge in [0.15, 0.2) is 0 Å². The van der Waals surface area contributed by atoms with Crippen molar-refractivity contribution in [2.75, 3.05) is 5.75 Å². The van der Waals surface area contributed by atoms with Crippen LogP contribution in [0.15, 0.2) is 34.7 Å². The van der Waals surface area contributed by atoms with Crippen molar-refractivity contribution in [2.24, 2.45) is 0 Å². The fraction of sp³-hybridized carbons (Fsp3) is 0.316. The summed E-state index contributed by atoms with van der Waals surface area (Å²) in [5, 5.41) is 20.2. The fourth-order valence-electron chi connectivity index (χ4n) is 2.86. The minimum Gasteiger partial charge on any atom is -0.415 e. The van der Waals surface area contributed by atoms with Gasteiger partial charge in [-0.25, -0.2) is 4.39 Å². The summed E-state index contributed by atoms with van der Waals surface area (Å²) in [7, 11) is 0. The molecule has 2 N–H and O–H groups in total. The van der Waals surface area contributed by atoms with E-state index < -0.39 is 5.54 Å². The number of hydrogen-bond donors (Lipinski definition) is 2. The first-order valence-corrected chi connectivity index (χ1v) is 10.8. The summed E-state index contributed by atoms with van der Waals surface area (Å²) in [6.07, 6.45) is 0. The Hall–Kier alpha value is -1.90. The second kappa shape index (κ2) is 6.86. The Labute approximate surface area is 175 Å². The molecule has 0 unspecified atom stereocenters. The van der Waals surface area contributed by atoms with Crippen LogP contribution in [-0.2, 0) is 5.54 Å². The lowest BCUT2D eigenvalue weighted by Crippen LogP contribution is -2.56. The van der Waals surface area contributed by atoms with Gasteiger partial charge in [0, 0.05) is 16.3 Å². The third-order valence-electron chi connectivity index (χ3n) is 4.64. The first-order chi connectivity index (χ1) is 13.2. The van der Waals surface area contributed by atoms with Crippen molar-refractivity contribution in [3.8, 4) is 22.2 Å². The SMILES string of the molecule is CC1(C)SC[C@@](C)(c2sc(-c3nnc(-c4ccc(Cl)cc4)o3)cc2F)NC1=N. The number of rotatable bonds is 3. The summed E-state index contributed by atoms with van der Waals surface area (Å²) in [5.41, 5.74) is 0.0805. The average molecular weight is 437 g/mol. The molecule has 1 aliphatic rings. The molecule has 28 heavy (non-hydrogen) atoms. The molecule has 1 aliphatic heterocycles. The van der Waals surface area contributed by atoms with Gasteiger partial charge in [-0.1, -0.05) is 11.6 Å². The molecule has 0 amide bonds. The van der Waals surface area contributed by atoms with Crippen molar-refractivity contribution in [1.29, 1.82) is 5.41 Å². The van der Waals surface area contributed by atoms with Crippen LogP contribution in [0, 0.1) is 11.2 Å². The van der Waals surface area contributed by atoms with Gasteiger partial charge in [-0.3, -0.25) is 5.41 Å². The van der Waals surface area contributed by atoms with E-state index in [-0.39, 0.29) is 16.5 Å². The average Bonchev–Trinajstić information content (AvgIpc) is 3.27. The number of halogens is 2. The Bertz CT molecular complexity index is 1050. The highest BCUT2D eigenvalue weighted by Gasteiger charge is 2.42. The predicted molar refractivity (Wildman–Crippen MR) is 113 cm³/mol. The molecule has 0 bridgehead atoms. The number of benzene rings is 1. The Morgan fingerprint density at radius 1 is 1.18 bits per heavy atom. The first-order valence-electron chi connectivity index (χ1n) is 8.59. The lowest BCUT2D eigenvalue weighted by molar-refractivity contribution is 0.456. The topological polar surface area (TPSA) is 74.8 Å². The second-order valence-electron chi connectivity index (χ2n) is 7.34. The van der Waals surface area contributed by atoms with Crippen molar-refractivity contribution in [1.82, 2.24) is 15.5 Å². The third-order valence-corrected chi connectivity index (χ3v) is 7.90. The minimum absolute atomic E-state index is 0.266. The van der Waals surface area contributed by atoms with E-state index in [9.17, 15) is 4.39 Å².